The molecule has 1 atom stereocenters. The van der Waals surface area contributed by atoms with Crippen molar-refractivity contribution in [2.45, 2.75) is 78.0 Å². The van der Waals surface area contributed by atoms with Crippen LogP contribution < -0.4 is 5.32 Å². The van der Waals surface area contributed by atoms with E-state index in [1.807, 2.05) is 0 Å². The topological polar surface area (TPSA) is 129 Å². The van der Waals surface area contributed by atoms with Crippen molar-refractivity contribution in [2.75, 3.05) is 52.9 Å². The van der Waals surface area contributed by atoms with Crippen molar-refractivity contribution in [1.29, 1.82) is 0 Å². The van der Waals surface area contributed by atoms with E-state index in [1.165, 1.54) is 9.80 Å². The van der Waals surface area contributed by atoms with E-state index in [0.29, 0.717) is 52.0 Å². The van der Waals surface area contributed by atoms with Gasteiger partial charge in [0.15, 0.2) is 0 Å². The van der Waals surface area contributed by atoms with E-state index in [2.05, 4.69) is 5.32 Å². The minimum Gasteiger partial charge on any atom is -0.444 e. The molecule has 0 aliphatic carbocycles. The number of carbonyl (C=O) groups is 5. The Labute approximate surface area is 219 Å². The fraction of sp³-hybridized carbons (Fsp3) is 0.800. The van der Waals surface area contributed by atoms with Gasteiger partial charge < -0.3 is 34.4 Å². The van der Waals surface area contributed by atoms with Crippen LogP contribution in [-0.2, 0) is 23.9 Å². The molecule has 2 saturated heterocycles. The van der Waals surface area contributed by atoms with Crippen molar-refractivity contribution >= 4 is 29.9 Å². The second kappa shape index (κ2) is 12.5. The molecular formula is C25H43N5O7. The molecule has 12 nitrogen and oxygen atoms in total. The zero-order chi connectivity index (χ0) is 28.0. The third kappa shape index (κ3) is 9.73. The molecule has 1 N–H and O–H groups in total. The zero-order valence-corrected chi connectivity index (χ0v) is 23.3. The lowest BCUT2D eigenvalue weighted by Crippen LogP contribution is -2.61. The summed E-state index contributed by atoms with van der Waals surface area (Å²) in [5, 5.41) is 2.69. The SMILES string of the molecule is CN1CC(=O)N(C(CCCCNC(=O)OC(C)(C)C)C(=O)N2CCN(C(=O)OC(C)(C)C)CC2)CC1=O. The number of likely N-dealkylation sites (N-methyl/N-ethyl adjacent to an activating group) is 1. The summed E-state index contributed by atoms with van der Waals surface area (Å²) in [6.45, 7) is 12.1. The number of hydrogen-bond acceptors (Lipinski definition) is 7. The van der Waals surface area contributed by atoms with E-state index in [4.69, 9.17) is 9.47 Å². The molecule has 2 fully saturated rings. The highest BCUT2D eigenvalue weighted by Gasteiger charge is 2.39. The number of amides is 5. The monoisotopic (exact) mass is 525 g/mol. The Balaban J connectivity index is 1.98. The number of ether oxygens (including phenoxy) is 2. The van der Waals surface area contributed by atoms with Gasteiger partial charge in [-0.2, -0.15) is 0 Å². The first-order chi connectivity index (χ1) is 17.1. The summed E-state index contributed by atoms with van der Waals surface area (Å²) in [5.41, 5.74) is -1.20. The van der Waals surface area contributed by atoms with Gasteiger partial charge >= 0.3 is 12.2 Å². The predicted octanol–water partition coefficient (Wildman–Crippen LogP) is 1.43. The maximum absolute atomic E-state index is 13.5. The van der Waals surface area contributed by atoms with Crippen molar-refractivity contribution in [3.05, 3.63) is 0 Å². The molecule has 0 radical (unpaired) electrons. The first-order valence-electron chi connectivity index (χ1n) is 12.8. The lowest BCUT2D eigenvalue weighted by Gasteiger charge is -2.41. The number of unbranched alkanes of at least 4 members (excludes halogenated alkanes) is 1. The quantitative estimate of drug-likeness (QED) is 0.498. The summed E-state index contributed by atoms with van der Waals surface area (Å²) < 4.78 is 10.6. The first kappa shape index (κ1) is 30.2. The molecule has 2 heterocycles. The molecule has 0 saturated carbocycles. The lowest BCUT2D eigenvalue weighted by molar-refractivity contribution is -0.156. The Morgan fingerprint density at radius 1 is 0.838 bits per heavy atom. The van der Waals surface area contributed by atoms with Crippen molar-refractivity contribution in [3.8, 4) is 0 Å². The summed E-state index contributed by atoms with van der Waals surface area (Å²) in [6.07, 6.45) is 0.545. The number of nitrogens with one attached hydrogen (secondary N) is 1. The van der Waals surface area contributed by atoms with E-state index in [9.17, 15) is 24.0 Å². The van der Waals surface area contributed by atoms with Gasteiger partial charge in [-0.3, -0.25) is 14.4 Å². The maximum Gasteiger partial charge on any atom is 0.410 e. The van der Waals surface area contributed by atoms with Crippen LogP contribution in [0, 0.1) is 0 Å². The van der Waals surface area contributed by atoms with Crippen LogP contribution in [0.15, 0.2) is 0 Å². The lowest BCUT2D eigenvalue weighted by atomic mass is 10.0. The van der Waals surface area contributed by atoms with E-state index < -0.39 is 29.4 Å². The molecule has 2 aliphatic heterocycles. The fourth-order valence-corrected chi connectivity index (χ4v) is 4.05. The van der Waals surface area contributed by atoms with Crippen molar-refractivity contribution in [3.63, 3.8) is 0 Å². The third-order valence-electron chi connectivity index (χ3n) is 5.90. The summed E-state index contributed by atoms with van der Waals surface area (Å²) in [4.78, 5) is 68.8. The Hall–Kier alpha value is -3.05. The molecule has 210 valence electrons. The van der Waals surface area contributed by atoms with E-state index in [-0.39, 0.29) is 30.8 Å². The molecule has 0 spiro atoms. The molecule has 0 aromatic rings. The summed E-state index contributed by atoms with van der Waals surface area (Å²) >= 11 is 0. The molecule has 12 heteroatoms. The molecule has 2 aliphatic rings. The van der Waals surface area contributed by atoms with Gasteiger partial charge in [0.25, 0.3) is 0 Å². The van der Waals surface area contributed by atoms with E-state index in [1.54, 1.807) is 58.4 Å². The second-order valence-corrected chi connectivity index (χ2v) is 11.5. The highest BCUT2D eigenvalue weighted by atomic mass is 16.6. The minimum absolute atomic E-state index is 0.0742. The highest BCUT2D eigenvalue weighted by Crippen LogP contribution is 2.18. The van der Waals surface area contributed by atoms with Gasteiger partial charge in [0, 0.05) is 39.8 Å². The number of hydrogen-bond donors (Lipinski definition) is 1. The van der Waals surface area contributed by atoms with Gasteiger partial charge in [-0.15, -0.1) is 0 Å². The zero-order valence-electron chi connectivity index (χ0n) is 23.3. The number of piperazine rings is 2. The molecule has 1 unspecified atom stereocenters. The van der Waals surface area contributed by atoms with Gasteiger partial charge in [-0.1, -0.05) is 0 Å². The molecule has 0 aromatic heterocycles. The summed E-state index contributed by atoms with van der Waals surface area (Å²) in [7, 11) is 1.56. The maximum atomic E-state index is 13.5. The smallest absolute Gasteiger partial charge is 0.410 e. The Bertz CT molecular complexity index is 856. The summed E-state index contributed by atoms with van der Waals surface area (Å²) in [5.74, 6) is -0.742. The predicted molar refractivity (Wildman–Crippen MR) is 136 cm³/mol. The molecule has 0 bridgehead atoms. The normalized spacial score (nSPS) is 18.0. The van der Waals surface area contributed by atoms with Gasteiger partial charge in [-0.25, -0.2) is 9.59 Å². The molecular weight excluding hydrogens is 482 g/mol. The van der Waals surface area contributed by atoms with E-state index >= 15 is 0 Å². The standard InChI is InChI=1S/C25H43N5O7/c1-24(2,3)36-22(34)26-11-9-8-10-18(30-17-19(31)27(7)16-20(30)32)21(33)28-12-14-29(15-13-28)23(35)37-25(4,5)6/h18H,8-17H2,1-7H3,(H,26,34). The molecule has 5 amide bonds. The second-order valence-electron chi connectivity index (χ2n) is 11.5. The minimum atomic E-state index is -0.792. The van der Waals surface area contributed by atoms with Crippen LogP contribution in [0.25, 0.3) is 0 Å². The van der Waals surface area contributed by atoms with Gasteiger partial charge in [0.05, 0.1) is 6.54 Å². The summed E-state index contributed by atoms with van der Waals surface area (Å²) in [6, 6.07) is -0.792. The van der Waals surface area contributed by atoms with Gasteiger partial charge in [0.1, 0.15) is 23.8 Å². The molecule has 0 aromatic carbocycles. The third-order valence-corrected chi connectivity index (χ3v) is 5.90. The van der Waals surface area contributed by atoms with Gasteiger partial charge in [0.2, 0.25) is 17.7 Å². The first-order valence-corrected chi connectivity index (χ1v) is 12.8. The fourth-order valence-electron chi connectivity index (χ4n) is 4.05. The Morgan fingerprint density at radius 2 is 1.41 bits per heavy atom. The van der Waals surface area contributed by atoms with Crippen LogP contribution in [0.3, 0.4) is 0 Å². The number of nitrogens with zero attached hydrogens (tertiary/aromatic N) is 4. The average molecular weight is 526 g/mol. The van der Waals surface area contributed by atoms with Crippen LogP contribution in [0.1, 0.15) is 60.8 Å². The molecule has 37 heavy (non-hydrogen) atoms. The van der Waals surface area contributed by atoms with Crippen molar-refractivity contribution in [1.82, 2.24) is 24.9 Å². The Kier molecular flexibility index (Phi) is 10.2. The number of rotatable bonds is 7. The van der Waals surface area contributed by atoms with Crippen LogP contribution >= 0.6 is 0 Å². The number of alkyl carbamates (subject to hydrolysis) is 1. The van der Waals surface area contributed by atoms with Crippen LogP contribution in [-0.4, -0.2) is 120 Å². The Morgan fingerprint density at radius 3 is 1.97 bits per heavy atom. The van der Waals surface area contributed by atoms with Crippen molar-refractivity contribution < 1.29 is 33.4 Å². The van der Waals surface area contributed by atoms with Crippen LogP contribution in [0.4, 0.5) is 9.59 Å². The number of carbonyl (C=O) groups excluding carboxylic acids is 5. The van der Waals surface area contributed by atoms with Crippen molar-refractivity contribution in [2.24, 2.45) is 0 Å². The van der Waals surface area contributed by atoms with Gasteiger partial charge in [-0.05, 0) is 60.8 Å². The highest BCUT2D eigenvalue weighted by molar-refractivity contribution is 5.96. The molecule has 2 rings (SSSR count). The average Bonchev–Trinajstić information content (AvgIpc) is 2.76. The largest absolute Gasteiger partial charge is 0.444 e. The van der Waals surface area contributed by atoms with Crippen LogP contribution in [0.2, 0.25) is 0 Å². The van der Waals surface area contributed by atoms with E-state index in [0.717, 1.165) is 0 Å². The van der Waals surface area contributed by atoms with Crippen LogP contribution in [0.5, 0.6) is 0 Å².